The van der Waals surface area contributed by atoms with Crippen LogP contribution in [0.2, 0.25) is 0 Å². The molecule has 2 N–H and O–H groups in total. The van der Waals surface area contributed by atoms with E-state index in [1.165, 1.54) is 12.8 Å². The van der Waals surface area contributed by atoms with Gasteiger partial charge in [0.25, 0.3) is 0 Å². The minimum absolute atomic E-state index is 0. The lowest BCUT2D eigenvalue weighted by atomic mass is 10.2. The number of carbonyl (C=O) groups is 1. The van der Waals surface area contributed by atoms with Crippen molar-refractivity contribution in [2.24, 2.45) is 14.1 Å². The number of ether oxygens (including phenoxy) is 1. The average molecular weight is 427 g/mol. The number of aryl methyl sites for hydroxylation is 2. The number of hydrogen-bond donors (Lipinski definition) is 2. The lowest BCUT2D eigenvalue weighted by Gasteiger charge is -1.97. The molecule has 1 fully saturated rings. The number of carboxylic acids is 1. The van der Waals surface area contributed by atoms with Crippen LogP contribution in [0.5, 0.6) is 0 Å². The van der Waals surface area contributed by atoms with Crippen molar-refractivity contribution in [3.8, 4) is 0 Å². The Morgan fingerprint density at radius 1 is 0.968 bits per heavy atom. The lowest BCUT2D eigenvalue weighted by Crippen LogP contribution is -1.96. The second-order valence-electron chi connectivity index (χ2n) is 7.02. The maximum Gasteiger partial charge on any atom is 0.335 e. The van der Waals surface area contributed by atoms with Crippen LogP contribution >= 0.6 is 0 Å². The molecule has 8 heteroatoms. The largest absolute Gasteiger partial charge is 0.478 e. The fraction of sp³-hybridized carbons (Fsp3) is 0.348. The van der Waals surface area contributed by atoms with Gasteiger partial charge in [-0.05, 0) is 48.7 Å². The van der Waals surface area contributed by atoms with Crippen molar-refractivity contribution in [3.63, 3.8) is 0 Å². The highest BCUT2D eigenvalue weighted by atomic mass is 16.5. The van der Waals surface area contributed by atoms with E-state index < -0.39 is 5.97 Å². The van der Waals surface area contributed by atoms with Gasteiger partial charge in [0.2, 0.25) is 0 Å². The number of hydrogen-bond acceptors (Lipinski definition) is 5. The molecular weight excluding hydrogens is 396 g/mol. The third kappa shape index (κ3) is 6.13. The molecule has 1 aliphatic heterocycles. The van der Waals surface area contributed by atoms with Gasteiger partial charge in [-0.3, -0.25) is 0 Å². The van der Waals surface area contributed by atoms with Crippen LogP contribution in [0.4, 0.5) is 0 Å². The monoisotopic (exact) mass is 426 g/mol. The smallest absolute Gasteiger partial charge is 0.335 e. The van der Waals surface area contributed by atoms with Crippen molar-refractivity contribution < 1.29 is 19.7 Å². The Kier molecular flexibility index (Phi) is 8.72. The molecule has 31 heavy (non-hydrogen) atoms. The molecule has 4 aromatic rings. The number of fused-ring (bicyclic) bond motifs is 2. The summed E-state index contributed by atoms with van der Waals surface area (Å²) in [5.74, 6) is -0.914. The molecule has 0 aliphatic carbocycles. The lowest BCUT2D eigenvalue weighted by molar-refractivity contribution is 0.0697. The van der Waals surface area contributed by atoms with Gasteiger partial charge in [0.15, 0.2) is 0 Å². The molecule has 1 aliphatic rings. The van der Waals surface area contributed by atoms with Gasteiger partial charge in [0.05, 0.1) is 46.9 Å². The summed E-state index contributed by atoms with van der Waals surface area (Å²) in [4.78, 5) is 18.9. The minimum atomic E-state index is -0.914. The van der Waals surface area contributed by atoms with Gasteiger partial charge in [0.1, 0.15) is 0 Å². The number of aromatic nitrogens is 4. The number of imidazole rings is 2. The number of aliphatic hydroxyl groups is 1. The van der Waals surface area contributed by atoms with Crippen LogP contribution in [0.1, 0.15) is 36.2 Å². The standard InChI is InChI=1S/C9H8N2O2.C9H10N2O.C4H8O.CH4/c1-11-5-10-7-3-2-6(9(12)13)4-8(7)11;1-11-6-10-8-3-2-7(5-12)4-9(8)11;1-2-4-5-3-1;/h2-5H,1H3,(H,12,13);2-4,6,12H,5H2,1H3;1-4H2;1H4. The number of carboxylic acid groups (broad SMARTS) is 1. The number of benzene rings is 2. The van der Waals surface area contributed by atoms with E-state index in [1.54, 1.807) is 35.4 Å². The fourth-order valence-electron chi connectivity index (χ4n) is 3.04. The predicted molar refractivity (Wildman–Crippen MR) is 121 cm³/mol. The van der Waals surface area contributed by atoms with Crippen molar-refractivity contribution in [1.29, 1.82) is 0 Å². The Labute approximate surface area is 181 Å². The highest BCUT2D eigenvalue weighted by Crippen LogP contribution is 2.14. The molecule has 0 saturated carbocycles. The third-order valence-electron chi connectivity index (χ3n) is 4.77. The number of rotatable bonds is 2. The Morgan fingerprint density at radius 2 is 1.52 bits per heavy atom. The first-order valence-corrected chi connectivity index (χ1v) is 9.72. The zero-order valence-electron chi connectivity index (χ0n) is 17.2. The molecule has 0 radical (unpaired) electrons. The Hall–Kier alpha value is -3.23. The summed E-state index contributed by atoms with van der Waals surface area (Å²) < 4.78 is 8.68. The maximum absolute atomic E-state index is 10.6. The van der Waals surface area contributed by atoms with Crippen molar-refractivity contribution in [1.82, 2.24) is 19.1 Å². The molecule has 2 aromatic heterocycles. The van der Waals surface area contributed by atoms with Gasteiger partial charge in [-0.1, -0.05) is 13.5 Å². The molecule has 0 spiro atoms. The van der Waals surface area contributed by atoms with Crippen molar-refractivity contribution in [2.75, 3.05) is 13.2 Å². The zero-order valence-corrected chi connectivity index (χ0v) is 17.2. The van der Waals surface area contributed by atoms with Crippen molar-refractivity contribution >= 4 is 28.0 Å². The molecule has 3 heterocycles. The molecule has 5 rings (SSSR count). The predicted octanol–water partition coefficient (Wildman–Crippen LogP) is 3.77. The second kappa shape index (κ2) is 11.2. The van der Waals surface area contributed by atoms with E-state index >= 15 is 0 Å². The summed E-state index contributed by atoms with van der Waals surface area (Å²) in [6, 6.07) is 10.6. The van der Waals surface area contributed by atoms with Crippen LogP contribution in [0.15, 0.2) is 49.1 Å². The van der Waals surface area contributed by atoms with E-state index in [-0.39, 0.29) is 19.6 Å². The summed E-state index contributed by atoms with van der Waals surface area (Å²) in [7, 11) is 3.78. The maximum atomic E-state index is 10.6. The van der Waals surface area contributed by atoms with E-state index in [1.807, 2.05) is 36.9 Å². The highest BCUT2D eigenvalue weighted by Gasteiger charge is 2.05. The number of nitrogens with zero attached hydrogens (tertiary/aromatic N) is 4. The molecule has 0 unspecified atom stereocenters. The van der Waals surface area contributed by atoms with Gasteiger partial charge in [-0.2, -0.15) is 0 Å². The Balaban J connectivity index is 0.000000176. The minimum Gasteiger partial charge on any atom is -0.478 e. The zero-order chi connectivity index (χ0) is 21.5. The fourth-order valence-corrected chi connectivity index (χ4v) is 3.04. The first-order chi connectivity index (χ1) is 14.5. The molecule has 0 amide bonds. The highest BCUT2D eigenvalue weighted by molar-refractivity contribution is 5.92. The molecule has 2 aromatic carbocycles. The first-order valence-electron chi connectivity index (χ1n) is 9.72. The summed E-state index contributed by atoms with van der Waals surface area (Å²) in [5, 5.41) is 17.6. The van der Waals surface area contributed by atoms with Gasteiger partial charge in [0, 0.05) is 27.3 Å². The van der Waals surface area contributed by atoms with E-state index in [0.717, 1.165) is 40.8 Å². The van der Waals surface area contributed by atoms with Crippen LogP contribution in [-0.4, -0.2) is 48.5 Å². The van der Waals surface area contributed by atoms with Gasteiger partial charge in [-0.15, -0.1) is 0 Å². The number of aromatic carboxylic acids is 1. The van der Waals surface area contributed by atoms with Crippen LogP contribution < -0.4 is 0 Å². The summed E-state index contributed by atoms with van der Waals surface area (Å²) in [6.07, 6.45) is 5.99. The average Bonchev–Trinajstić information content (AvgIpc) is 3.52. The molecule has 0 bridgehead atoms. The normalized spacial score (nSPS) is 12.5. The summed E-state index contributed by atoms with van der Waals surface area (Å²) in [6.45, 7) is 2.08. The number of aliphatic hydroxyl groups excluding tert-OH is 1. The van der Waals surface area contributed by atoms with Crippen LogP contribution in [-0.2, 0) is 25.4 Å². The molecular formula is C23H30N4O4. The van der Waals surface area contributed by atoms with Crippen molar-refractivity contribution in [2.45, 2.75) is 26.9 Å². The quantitative estimate of drug-likeness (QED) is 0.506. The van der Waals surface area contributed by atoms with Gasteiger partial charge < -0.3 is 24.1 Å². The van der Waals surface area contributed by atoms with E-state index in [9.17, 15) is 4.79 Å². The molecule has 8 nitrogen and oxygen atoms in total. The van der Waals surface area contributed by atoms with Crippen LogP contribution in [0.3, 0.4) is 0 Å². The van der Waals surface area contributed by atoms with Gasteiger partial charge in [-0.25, -0.2) is 14.8 Å². The SMILES string of the molecule is C.C1CCOC1.Cn1cnc2ccc(C(=O)O)cc21.Cn1cnc2ccc(CO)cc21. The topological polar surface area (TPSA) is 102 Å². The molecule has 1 saturated heterocycles. The van der Waals surface area contributed by atoms with Crippen LogP contribution in [0.25, 0.3) is 22.1 Å². The van der Waals surface area contributed by atoms with E-state index in [4.69, 9.17) is 14.9 Å². The summed E-state index contributed by atoms with van der Waals surface area (Å²) >= 11 is 0. The van der Waals surface area contributed by atoms with Crippen molar-refractivity contribution in [3.05, 3.63) is 60.2 Å². The van der Waals surface area contributed by atoms with Crippen LogP contribution in [0, 0.1) is 0 Å². The molecule has 0 atom stereocenters. The Bertz CT molecular complexity index is 1120. The first kappa shape index (κ1) is 24.0. The van der Waals surface area contributed by atoms with E-state index in [0.29, 0.717) is 0 Å². The van der Waals surface area contributed by atoms with E-state index in [2.05, 4.69) is 9.97 Å². The molecule has 166 valence electrons. The third-order valence-corrected chi connectivity index (χ3v) is 4.77. The second-order valence-corrected chi connectivity index (χ2v) is 7.02. The summed E-state index contributed by atoms with van der Waals surface area (Å²) in [5.41, 5.74) is 4.88. The van der Waals surface area contributed by atoms with Gasteiger partial charge >= 0.3 is 5.97 Å². The Morgan fingerprint density at radius 3 is 2.00 bits per heavy atom.